The van der Waals surface area contributed by atoms with Crippen molar-refractivity contribution in [3.63, 3.8) is 0 Å². The predicted octanol–water partition coefficient (Wildman–Crippen LogP) is 6.48. The van der Waals surface area contributed by atoms with Crippen molar-refractivity contribution in [1.82, 2.24) is 0 Å². The summed E-state index contributed by atoms with van der Waals surface area (Å²) in [6.45, 7) is 0. The highest BCUT2D eigenvalue weighted by Crippen LogP contribution is 2.99. The lowest BCUT2D eigenvalue weighted by Gasteiger charge is -2.37. The first-order chi connectivity index (χ1) is 6.86. The van der Waals surface area contributed by atoms with Gasteiger partial charge in [-0.05, 0) is 40.3 Å². The third-order valence-electron chi connectivity index (χ3n) is 1.45. The molecule has 0 aromatic heterocycles. The fourth-order valence-electron chi connectivity index (χ4n) is 0.873. The van der Waals surface area contributed by atoms with Crippen LogP contribution in [0, 0.1) is 0 Å². The average molecular weight is 435 g/mol. The molecule has 0 spiro atoms. The Morgan fingerprint density at radius 3 is 1.88 bits per heavy atom. The molecule has 0 amide bonds. The van der Waals surface area contributed by atoms with E-state index in [-0.39, 0.29) is 5.56 Å². The summed E-state index contributed by atoms with van der Waals surface area (Å²) in [5.41, 5.74) is 0.0945. The van der Waals surface area contributed by atoms with Gasteiger partial charge in [-0.25, -0.2) is 0 Å². The molecule has 8 heteroatoms. The van der Waals surface area contributed by atoms with Gasteiger partial charge in [0.2, 0.25) is 0 Å². The van der Waals surface area contributed by atoms with Crippen LogP contribution in [0.3, 0.4) is 0 Å². The van der Waals surface area contributed by atoms with Gasteiger partial charge in [0.25, 0.3) is 0 Å². The fourth-order valence-corrected chi connectivity index (χ4v) is 3.47. The predicted molar refractivity (Wildman–Crippen MR) is 69.3 cm³/mol. The Morgan fingerprint density at radius 1 is 1.06 bits per heavy atom. The van der Waals surface area contributed by atoms with Gasteiger partial charge < -0.3 is 0 Å². The van der Waals surface area contributed by atoms with Crippen LogP contribution in [-0.4, -0.2) is 0 Å². The summed E-state index contributed by atoms with van der Waals surface area (Å²) in [7, 11) is -9.49. The molecule has 0 aliphatic rings. The summed E-state index contributed by atoms with van der Waals surface area (Å²) in [4.78, 5) is 0. The summed E-state index contributed by atoms with van der Waals surface area (Å²) < 4.78 is 60.8. The molecule has 0 bridgehead atoms. The fraction of sp³-hybridized carbons (Fsp3) is 0. The van der Waals surface area contributed by atoms with E-state index in [1.54, 1.807) is 0 Å². The van der Waals surface area contributed by atoms with Crippen molar-refractivity contribution in [3.05, 3.63) is 39.7 Å². The lowest BCUT2D eigenvalue weighted by atomic mass is 10.2. The molecule has 1 rings (SSSR count). The van der Waals surface area contributed by atoms with Gasteiger partial charge in [-0.2, -0.15) is 0 Å². The quantitative estimate of drug-likeness (QED) is 0.369. The molecule has 0 radical (unpaired) electrons. The zero-order chi connectivity index (χ0) is 12.7. The van der Waals surface area contributed by atoms with Crippen molar-refractivity contribution in [2.45, 2.75) is 0 Å². The molecule has 0 saturated carbocycles. The zero-order valence-electron chi connectivity index (χ0n) is 7.44. The van der Waals surface area contributed by atoms with Crippen LogP contribution in [0.1, 0.15) is 5.56 Å². The molecule has 0 heterocycles. The van der Waals surface area contributed by atoms with E-state index in [9.17, 15) is 19.4 Å². The number of hydrogen-bond donors (Lipinski definition) is 0. The van der Waals surface area contributed by atoms with E-state index in [1.807, 2.05) is 0 Å². The van der Waals surface area contributed by atoms with Crippen molar-refractivity contribution in [1.29, 1.82) is 0 Å². The molecule has 0 fully saturated rings. The molecule has 1 aromatic carbocycles. The molecule has 0 aliphatic carbocycles. The molecular weight excluding hydrogens is 430 g/mol. The van der Waals surface area contributed by atoms with E-state index in [0.717, 1.165) is 0 Å². The Bertz CT molecular complexity index is 435. The first kappa shape index (κ1) is 14.2. The maximum absolute atomic E-state index is 12.1. The maximum Gasteiger partial charge on any atom is 0.305 e. The highest BCUT2D eigenvalue weighted by Gasteiger charge is 2.61. The van der Waals surface area contributed by atoms with E-state index < -0.39 is 19.2 Å². The minimum absolute atomic E-state index is 0.0945. The second-order valence-corrected chi connectivity index (χ2v) is 7.37. The van der Waals surface area contributed by atoms with Crippen LogP contribution < -0.4 is 0 Å². The van der Waals surface area contributed by atoms with Crippen LogP contribution in [0.5, 0.6) is 0 Å². The average Bonchev–Trinajstić information content (AvgIpc) is 1.99. The number of benzene rings is 1. The van der Waals surface area contributed by atoms with Crippen molar-refractivity contribution in [2.75, 3.05) is 0 Å². The lowest BCUT2D eigenvalue weighted by Crippen LogP contribution is -2.00. The summed E-state index contributed by atoms with van der Waals surface area (Å²) in [5.74, 6) is 0. The summed E-state index contributed by atoms with van der Waals surface area (Å²) in [6.07, 6.45) is 0. The molecule has 0 atom stereocenters. The Balaban J connectivity index is 3.19. The van der Waals surface area contributed by atoms with Gasteiger partial charge in [0.1, 0.15) is 0 Å². The highest BCUT2D eigenvalue weighted by molar-refractivity contribution is 14.1. The summed E-state index contributed by atoms with van der Waals surface area (Å²) in [6, 6.07) is 5.61. The van der Waals surface area contributed by atoms with Gasteiger partial charge in [-0.1, -0.05) is 47.5 Å². The molecule has 1 aromatic rings. The molecule has 16 heavy (non-hydrogen) atoms. The second-order valence-electron chi connectivity index (χ2n) is 3.00. The Kier molecular flexibility index (Phi) is 3.18. The third-order valence-corrected chi connectivity index (χ3v) is 4.01. The van der Waals surface area contributed by atoms with Gasteiger partial charge in [0.05, 0.1) is 5.41 Å². The van der Waals surface area contributed by atoms with E-state index in [4.69, 9.17) is 0 Å². The first-order valence-electron chi connectivity index (χ1n) is 3.75. The van der Waals surface area contributed by atoms with Crippen LogP contribution in [0.4, 0.5) is 19.4 Å². The topological polar surface area (TPSA) is 0 Å². The standard InChI is InChI=1S/C8H5BrF5IS/c9-7-3-1-6(2-4-7)8(15)5-16(10,11,12,13)14/h1-5H/b8-5+. The van der Waals surface area contributed by atoms with Crippen LogP contribution in [0.25, 0.3) is 3.58 Å². The zero-order valence-corrected chi connectivity index (χ0v) is 12.0. The first-order valence-corrected chi connectivity index (χ1v) is 7.63. The van der Waals surface area contributed by atoms with Crippen molar-refractivity contribution >= 4 is 52.3 Å². The van der Waals surface area contributed by atoms with Crippen LogP contribution in [-0.2, 0) is 0 Å². The molecule has 0 unspecified atom stereocenters. The minimum atomic E-state index is -9.49. The van der Waals surface area contributed by atoms with Crippen LogP contribution in [0.2, 0.25) is 0 Å². The second kappa shape index (κ2) is 3.58. The van der Waals surface area contributed by atoms with Gasteiger partial charge in [-0.3, -0.25) is 0 Å². The van der Waals surface area contributed by atoms with Crippen LogP contribution >= 0.6 is 48.7 Å². The van der Waals surface area contributed by atoms with Gasteiger partial charge in [0.15, 0.2) is 0 Å². The van der Waals surface area contributed by atoms with Crippen LogP contribution in [0.15, 0.2) is 34.1 Å². The van der Waals surface area contributed by atoms with E-state index >= 15 is 0 Å². The number of halogens is 7. The van der Waals surface area contributed by atoms with E-state index in [1.165, 1.54) is 46.9 Å². The molecule has 92 valence electrons. The number of rotatable bonds is 2. The minimum Gasteiger partial charge on any atom is -0.0941 e. The Labute approximate surface area is 111 Å². The van der Waals surface area contributed by atoms with E-state index in [0.29, 0.717) is 4.47 Å². The normalized spacial score (nSPS) is 17.8. The lowest BCUT2D eigenvalue weighted by molar-refractivity contribution is 0.385. The molecule has 0 N–H and O–H groups in total. The van der Waals surface area contributed by atoms with Gasteiger partial charge >= 0.3 is 10.2 Å². The summed E-state index contributed by atoms with van der Waals surface area (Å²) in [5, 5.41) is -0.885. The van der Waals surface area contributed by atoms with Gasteiger partial charge in [-0.15, -0.1) is 0 Å². The number of hydrogen-bond acceptors (Lipinski definition) is 0. The van der Waals surface area contributed by atoms with Gasteiger partial charge in [0, 0.05) is 8.05 Å². The Hall–Kier alpha value is 0.170. The van der Waals surface area contributed by atoms with Crippen molar-refractivity contribution in [2.24, 2.45) is 0 Å². The van der Waals surface area contributed by atoms with Crippen molar-refractivity contribution < 1.29 is 19.4 Å². The monoisotopic (exact) mass is 434 g/mol. The summed E-state index contributed by atoms with van der Waals surface area (Å²) >= 11 is 4.33. The van der Waals surface area contributed by atoms with Crippen molar-refractivity contribution in [3.8, 4) is 0 Å². The van der Waals surface area contributed by atoms with E-state index in [2.05, 4.69) is 15.9 Å². The smallest absolute Gasteiger partial charge is 0.0941 e. The molecule has 0 aliphatic heterocycles. The molecular formula is C8H5BrF5IS. The molecule has 0 nitrogen and oxygen atoms in total. The maximum atomic E-state index is 12.1. The Morgan fingerprint density at radius 2 is 1.50 bits per heavy atom. The SMILES string of the molecule is FS(F)(F)(F)(F)/C=C(/I)c1ccc(Br)cc1. The molecule has 0 saturated heterocycles. The highest BCUT2D eigenvalue weighted by atomic mass is 127. The largest absolute Gasteiger partial charge is 0.305 e. The third kappa shape index (κ3) is 5.48.